The molecular weight excluding hydrogens is 451 g/mol. The van der Waals surface area contributed by atoms with E-state index in [1.54, 1.807) is 29.2 Å². The first kappa shape index (κ1) is 23.0. The van der Waals surface area contributed by atoms with Crippen LogP contribution in [0.2, 0.25) is 0 Å². The van der Waals surface area contributed by atoms with Gasteiger partial charge in [-0.05, 0) is 43.2 Å². The number of aromatic amines is 1. The van der Waals surface area contributed by atoms with Crippen LogP contribution < -0.4 is 10.3 Å². The van der Waals surface area contributed by atoms with Crippen molar-refractivity contribution in [3.05, 3.63) is 64.2 Å². The van der Waals surface area contributed by atoms with Crippen LogP contribution in [0.3, 0.4) is 0 Å². The van der Waals surface area contributed by atoms with Gasteiger partial charge >= 0.3 is 0 Å². The molecule has 0 bridgehead atoms. The molecule has 2 amide bonds. The number of hydrogen-bond donors (Lipinski definition) is 1. The Kier molecular flexibility index (Phi) is 6.48. The highest BCUT2D eigenvalue weighted by Crippen LogP contribution is 2.28. The van der Waals surface area contributed by atoms with E-state index in [1.807, 2.05) is 4.90 Å². The molecule has 0 radical (unpaired) electrons. The first-order valence-electron chi connectivity index (χ1n) is 12.0. The van der Waals surface area contributed by atoms with E-state index in [2.05, 4.69) is 10.2 Å². The number of H-pyrrole nitrogens is 1. The second-order valence-electron chi connectivity index (χ2n) is 9.10. The molecule has 1 aromatic heterocycles. The lowest BCUT2D eigenvalue weighted by molar-refractivity contribution is -0.138. The zero-order chi connectivity index (χ0) is 24.4. The summed E-state index contributed by atoms with van der Waals surface area (Å²) in [5, 5.41) is 7.27. The summed E-state index contributed by atoms with van der Waals surface area (Å²) in [6.07, 6.45) is 5.26. The van der Waals surface area contributed by atoms with E-state index < -0.39 is 11.7 Å². The number of rotatable bonds is 4. The molecule has 2 aliphatic rings. The van der Waals surface area contributed by atoms with E-state index in [0.717, 1.165) is 25.7 Å². The van der Waals surface area contributed by atoms with Crippen molar-refractivity contribution in [2.45, 2.75) is 32.1 Å². The Labute approximate surface area is 201 Å². The molecule has 0 unspecified atom stereocenters. The minimum Gasteiger partial charge on any atom is -0.437 e. The van der Waals surface area contributed by atoms with Crippen LogP contribution in [0.15, 0.2) is 47.3 Å². The summed E-state index contributed by atoms with van der Waals surface area (Å²) in [5.41, 5.74) is -0.452. The number of nitrogens with one attached hydrogen (secondary N) is 1. The molecule has 8 nitrogen and oxygen atoms in total. The van der Waals surface area contributed by atoms with E-state index in [1.165, 1.54) is 24.6 Å². The summed E-state index contributed by atoms with van der Waals surface area (Å²) >= 11 is 0. The highest BCUT2D eigenvalue weighted by atomic mass is 19.1. The lowest BCUT2D eigenvalue weighted by atomic mass is 9.88. The summed E-state index contributed by atoms with van der Waals surface area (Å²) in [7, 11) is 0. The van der Waals surface area contributed by atoms with Gasteiger partial charge in [0.15, 0.2) is 0 Å². The van der Waals surface area contributed by atoms with Crippen LogP contribution in [0, 0.1) is 11.7 Å². The summed E-state index contributed by atoms with van der Waals surface area (Å²) in [6, 6.07) is 10.8. The minimum absolute atomic E-state index is 0.0925. The first-order valence-corrected chi connectivity index (χ1v) is 12.0. The number of amides is 2. The normalized spacial score (nSPS) is 16.9. The quantitative estimate of drug-likeness (QED) is 0.617. The van der Waals surface area contributed by atoms with Gasteiger partial charge in [0.05, 0.1) is 16.3 Å². The second-order valence-corrected chi connectivity index (χ2v) is 9.10. The molecule has 2 aromatic carbocycles. The van der Waals surface area contributed by atoms with E-state index in [9.17, 15) is 18.8 Å². The van der Waals surface area contributed by atoms with Crippen molar-refractivity contribution in [1.82, 2.24) is 20.0 Å². The maximum Gasteiger partial charge on any atom is 0.272 e. The molecule has 1 aliphatic carbocycles. The number of benzene rings is 2. The average Bonchev–Trinajstić information content (AvgIpc) is 2.91. The van der Waals surface area contributed by atoms with E-state index >= 15 is 0 Å². The smallest absolute Gasteiger partial charge is 0.272 e. The SMILES string of the molecule is O=C(c1cc(Oc2n[nH]c(=O)c3ccccc23)ccc1F)N1CCN(C(=O)C2CCCCC2)CC1. The molecular formula is C26H27FN4O4. The van der Waals surface area contributed by atoms with E-state index in [4.69, 9.17) is 4.74 Å². The number of nitrogens with zero attached hydrogens (tertiary/aromatic N) is 3. The van der Waals surface area contributed by atoms with Crippen LogP contribution in [-0.2, 0) is 4.79 Å². The number of fused-ring (bicyclic) bond motifs is 1. The zero-order valence-corrected chi connectivity index (χ0v) is 19.3. The van der Waals surface area contributed by atoms with Gasteiger partial charge in [-0.2, -0.15) is 0 Å². The predicted octanol–water partition coefficient (Wildman–Crippen LogP) is 3.72. The van der Waals surface area contributed by atoms with Crippen molar-refractivity contribution < 1.29 is 18.7 Å². The number of carbonyl (C=O) groups excluding carboxylic acids is 2. The van der Waals surface area contributed by atoms with Gasteiger partial charge in [-0.1, -0.05) is 31.4 Å². The molecule has 0 spiro atoms. The van der Waals surface area contributed by atoms with Crippen molar-refractivity contribution in [2.75, 3.05) is 26.2 Å². The molecule has 1 saturated heterocycles. The van der Waals surface area contributed by atoms with Crippen LogP contribution >= 0.6 is 0 Å². The van der Waals surface area contributed by atoms with Gasteiger partial charge in [-0.3, -0.25) is 14.4 Å². The Hall–Kier alpha value is -3.75. The third kappa shape index (κ3) is 4.76. The Balaban J connectivity index is 1.29. The number of aromatic nitrogens is 2. The van der Waals surface area contributed by atoms with Gasteiger partial charge in [0.1, 0.15) is 11.6 Å². The molecule has 2 fully saturated rings. The van der Waals surface area contributed by atoms with Gasteiger partial charge in [0.2, 0.25) is 11.8 Å². The highest BCUT2D eigenvalue weighted by molar-refractivity contribution is 5.95. The maximum absolute atomic E-state index is 14.6. The van der Waals surface area contributed by atoms with Crippen LogP contribution in [0.5, 0.6) is 11.6 Å². The van der Waals surface area contributed by atoms with Crippen LogP contribution in [0.25, 0.3) is 10.8 Å². The van der Waals surface area contributed by atoms with Crippen molar-refractivity contribution >= 4 is 22.6 Å². The molecule has 2 heterocycles. The molecule has 9 heteroatoms. The number of carbonyl (C=O) groups is 2. The molecule has 35 heavy (non-hydrogen) atoms. The Morgan fingerprint density at radius 1 is 0.943 bits per heavy atom. The topological polar surface area (TPSA) is 95.6 Å². The largest absolute Gasteiger partial charge is 0.437 e. The van der Waals surface area contributed by atoms with Gasteiger partial charge in [-0.15, -0.1) is 5.10 Å². The summed E-state index contributed by atoms with van der Waals surface area (Å²) in [4.78, 5) is 41.3. The number of hydrogen-bond acceptors (Lipinski definition) is 5. The van der Waals surface area contributed by atoms with Gasteiger partial charge in [0, 0.05) is 32.1 Å². The Morgan fingerprint density at radius 3 is 2.37 bits per heavy atom. The Morgan fingerprint density at radius 2 is 1.63 bits per heavy atom. The number of piperazine rings is 1. The number of ether oxygens (including phenoxy) is 1. The molecule has 1 N–H and O–H groups in total. The number of halogens is 1. The third-order valence-electron chi connectivity index (χ3n) is 6.88. The fourth-order valence-corrected chi connectivity index (χ4v) is 4.92. The van der Waals surface area contributed by atoms with Crippen LogP contribution in [0.1, 0.15) is 42.5 Å². The van der Waals surface area contributed by atoms with Crippen molar-refractivity contribution in [3.8, 4) is 11.6 Å². The van der Waals surface area contributed by atoms with E-state index in [-0.39, 0.29) is 34.6 Å². The van der Waals surface area contributed by atoms with E-state index in [0.29, 0.717) is 37.0 Å². The van der Waals surface area contributed by atoms with Crippen LogP contribution in [0.4, 0.5) is 4.39 Å². The molecule has 3 aromatic rings. The summed E-state index contributed by atoms with van der Waals surface area (Å²) in [5.74, 6) is -0.446. The monoisotopic (exact) mass is 478 g/mol. The summed E-state index contributed by atoms with van der Waals surface area (Å²) < 4.78 is 20.5. The Bertz CT molecular complexity index is 1310. The van der Waals surface area contributed by atoms with Gasteiger partial charge in [-0.25, -0.2) is 9.49 Å². The minimum atomic E-state index is -0.651. The zero-order valence-electron chi connectivity index (χ0n) is 19.3. The second kappa shape index (κ2) is 9.85. The first-order chi connectivity index (χ1) is 17.0. The summed E-state index contributed by atoms with van der Waals surface area (Å²) in [6.45, 7) is 1.61. The van der Waals surface area contributed by atoms with Gasteiger partial charge < -0.3 is 14.5 Å². The lowest BCUT2D eigenvalue weighted by Gasteiger charge is -2.37. The van der Waals surface area contributed by atoms with Crippen molar-refractivity contribution in [1.29, 1.82) is 0 Å². The molecule has 1 aliphatic heterocycles. The third-order valence-corrected chi connectivity index (χ3v) is 6.88. The molecule has 0 atom stereocenters. The standard InChI is InChI=1S/C26H27FN4O4/c27-22-11-10-18(35-24-20-9-5-4-8-19(20)23(32)28-29-24)16-21(22)26(34)31-14-12-30(13-15-31)25(33)17-6-2-1-3-7-17/h4-5,8-11,16-17H,1-3,6-7,12-15H2,(H,28,32). The molecule has 1 saturated carbocycles. The van der Waals surface area contributed by atoms with Crippen LogP contribution in [-0.4, -0.2) is 58.0 Å². The lowest BCUT2D eigenvalue weighted by Crippen LogP contribution is -2.52. The predicted molar refractivity (Wildman–Crippen MR) is 128 cm³/mol. The molecule has 182 valence electrons. The van der Waals surface area contributed by atoms with Crippen molar-refractivity contribution in [3.63, 3.8) is 0 Å². The molecule has 5 rings (SSSR count). The fourth-order valence-electron chi connectivity index (χ4n) is 4.92. The van der Waals surface area contributed by atoms with Gasteiger partial charge in [0.25, 0.3) is 11.5 Å². The maximum atomic E-state index is 14.6. The highest BCUT2D eigenvalue weighted by Gasteiger charge is 2.30. The fraction of sp³-hybridized carbons (Fsp3) is 0.385. The average molecular weight is 479 g/mol. The van der Waals surface area contributed by atoms with Crippen molar-refractivity contribution in [2.24, 2.45) is 5.92 Å².